The first-order valence-corrected chi connectivity index (χ1v) is 11.7. The quantitative estimate of drug-likeness (QED) is 0.485. The Balaban J connectivity index is 1.67. The van der Waals surface area contributed by atoms with Crippen LogP contribution in [0.15, 0.2) is 36.4 Å². The van der Waals surface area contributed by atoms with Crippen LogP contribution in [0.4, 0.5) is 11.4 Å². The number of fused-ring (bicyclic) bond motifs is 1. The molecule has 6 nitrogen and oxygen atoms in total. The highest BCUT2D eigenvalue weighted by molar-refractivity contribution is 7.11. The van der Waals surface area contributed by atoms with E-state index in [1.165, 1.54) is 4.90 Å². The SMILES string of the molecule is CCC1Oc2ccc(-c3nc(C)sc3C)cc2N(CC(=O)Nc2cc(Cl)ccc2Cl)C1=O. The van der Waals surface area contributed by atoms with Gasteiger partial charge < -0.3 is 10.1 Å². The monoisotopic (exact) mass is 489 g/mol. The summed E-state index contributed by atoms with van der Waals surface area (Å²) in [4.78, 5) is 33.1. The van der Waals surface area contributed by atoms with Crippen molar-refractivity contribution in [3.63, 3.8) is 0 Å². The summed E-state index contributed by atoms with van der Waals surface area (Å²) in [5.74, 6) is -0.106. The topological polar surface area (TPSA) is 71.5 Å². The van der Waals surface area contributed by atoms with E-state index in [-0.39, 0.29) is 12.5 Å². The molecule has 9 heteroatoms. The fourth-order valence-corrected chi connectivity index (χ4v) is 4.79. The molecule has 0 saturated heterocycles. The molecule has 1 aliphatic heterocycles. The standard InChI is InChI=1S/C23H21Cl2N3O3S/c1-4-19-23(30)28(11-21(29)27-17-10-15(24)6-7-16(17)25)18-9-14(5-8-20(18)31-19)22-12(2)32-13(3)26-22/h5-10,19H,4,11H2,1-3H3,(H,27,29). The number of hydrogen-bond acceptors (Lipinski definition) is 5. The van der Waals surface area contributed by atoms with Crippen molar-refractivity contribution in [1.29, 1.82) is 0 Å². The molecule has 0 aliphatic carbocycles. The molecule has 1 aliphatic rings. The van der Waals surface area contributed by atoms with Gasteiger partial charge in [-0.25, -0.2) is 4.98 Å². The number of ether oxygens (including phenoxy) is 1. The number of amides is 2. The lowest BCUT2D eigenvalue weighted by molar-refractivity contribution is -0.128. The highest BCUT2D eigenvalue weighted by Gasteiger charge is 2.35. The number of aryl methyl sites for hydroxylation is 2. The zero-order chi connectivity index (χ0) is 23.0. The molecule has 2 heterocycles. The number of halogens is 2. The van der Waals surface area contributed by atoms with Crippen molar-refractivity contribution < 1.29 is 14.3 Å². The summed E-state index contributed by atoms with van der Waals surface area (Å²) in [6, 6.07) is 10.4. The van der Waals surface area contributed by atoms with Crippen LogP contribution in [-0.4, -0.2) is 29.4 Å². The number of carbonyl (C=O) groups excluding carboxylic acids is 2. The Morgan fingerprint density at radius 3 is 2.69 bits per heavy atom. The molecule has 32 heavy (non-hydrogen) atoms. The maximum Gasteiger partial charge on any atom is 0.268 e. The minimum Gasteiger partial charge on any atom is -0.478 e. The van der Waals surface area contributed by atoms with Gasteiger partial charge in [-0.2, -0.15) is 0 Å². The number of carbonyl (C=O) groups is 2. The van der Waals surface area contributed by atoms with E-state index >= 15 is 0 Å². The zero-order valence-electron chi connectivity index (χ0n) is 17.7. The highest BCUT2D eigenvalue weighted by atomic mass is 35.5. The minimum absolute atomic E-state index is 0.187. The Morgan fingerprint density at radius 1 is 1.22 bits per heavy atom. The lowest BCUT2D eigenvalue weighted by Gasteiger charge is -2.34. The van der Waals surface area contributed by atoms with Crippen LogP contribution in [0.1, 0.15) is 23.2 Å². The Labute approximate surface area is 200 Å². The van der Waals surface area contributed by atoms with Crippen LogP contribution in [0.3, 0.4) is 0 Å². The predicted octanol–water partition coefficient (Wildman–Crippen LogP) is 5.88. The molecular weight excluding hydrogens is 469 g/mol. The lowest BCUT2D eigenvalue weighted by Crippen LogP contribution is -2.48. The average molecular weight is 490 g/mol. The van der Waals surface area contributed by atoms with Gasteiger partial charge in [0, 0.05) is 15.5 Å². The molecule has 2 amide bonds. The Bertz CT molecular complexity index is 1210. The van der Waals surface area contributed by atoms with Crippen LogP contribution in [0.5, 0.6) is 5.75 Å². The zero-order valence-corrected chi connectivity index (χ0v) is 20.1. The van der Waals surface area contributed by atoms with Gasteiger partial charge in [0.2, 0.25) is 5.91 Å². The van der Waals surface area contributed by atoms with Crippen molar-refractivity contribution in [2.75, 3.05) is 16.8 Å². The van der Waals surface area contributed by atoms with Crippen LogP contribution in [0.25, 0.3) is 11.3 Å². The first-order valence-electron chi connectivity index (χ1n) is 10.1. The van der Waals surface area contributed by atoms with E-state index in [0.29, 0.717) is 33.6 Å². The number of nitrogens with one attached hydrogen (secondary N) is 1. The van der Waals surface area contributed by atoms with E-state index in [1.54, 1.807) is 29.5 Å². The van der Waals surface area contributed by atoms with Crippen molar-refractivity contribution in [3.8, 4) is 17.0 Å². The summed E-state index contributed by atoms with van der Waals surface area (Å²) in [5, 5.41) is 4.51. The second-order valence-corrected chi connectivity index (χ2v) is 9.68. The van der Waals surface area contributed by atoms with Gasteiger partial charge in [0.05, 0.1) is 27.1 Å². The first kappa shape index (κ1) is 22.6. The van der Waals surface area contributed by atoms with E-state index in [0.717, 1.165) is 21.1 Å². The first-order chi connectivity index (χ1) is 15.3. The van der Waals surface area contributed by atoms with Gasteiger partial charge in [-0.05, 0) is 56.7 Å². The maximum absolute atomic E-state index is 13.1. The average Bonchev–Trinajstić information content (AvgIpc) is 3.10. The smallest absolute Gasteiger partial charge is 0.268 e. The molecule has 0 fully saturated rings. The molecule has 2 aromatic carbocycles. The van der Waals surface area contributed by atoms with Crippen molar-refractivity contribution in [2.24, 2.45) is 0 Å². The summed E-state index contributed by atoms with van der Waals surface area (Å²) < 4.78 is 5.91. The molecule has 1 aromatic heterocycles. The summed E-state index contributed by atoms with van der Waals surface area (Å²) >= 11 is 13.8. The summed E-state index contributed by atoms with van der Waals surface area (Å²) in [6.45, 7) is 5.64. The number of aromatic nitrogens is 1. The van der Waals surface area contributed by atoms with E-state index < -0.39 is 12.0 Å². The Hall–Kier alpha value is -2.61. The third kappa shape index (κ3) is 4.46. The number of hydrogen-bond donors (Lipinski definition) is 1. The molecule has 0 spiro atoms. The molecule has 1 N–H and O–H groups in total. The van der Waals surface area contributed by atoms with E-state index in [1.807, 2.05) is 39.0 Å². The molecule has 1 unspecified atom stereocenters. The van der Waals surface area contributed by atoms with Gasteiger partial charge >= 0.3 is 0 Å². The highest BCUT2D eigenvalue weighted by Crippen LogP contribution is 2.39. The number of rotatable bonds is 5. The Kier molecular flexibility index (Phi) is 6.42. The van der Waals surface area contributed by atoms with Crippen molar-refractivity contribution in [2.45, 2.75) is 33.3 Å². The molecule has 0 saturated carbocycles. The van der Waals surface area contributed by atoms with Gasteiger partial charge in [0.1, 0.15) is 12.3 Å². The van der Waals surface area contributed by atoms with Gasteiger partial charge in [-0.3, -0.25) is 14.5 Å². The van der Waals surface area contributed by atoms with Gasteiger partial charge in [-0.1, -0.05) is 30.1 Å². The largest absolute Gasteiger partial charge is 0.478 e. The number of benzene rings is 2. The molecule has 4 rings (SSSR count). The van der Waals surface area contributed by atoms with E-state index in [2.05, 4.69) is 10.3 Å². The summed E-state index contributed by atoms with van der Waals surface area (Å²) in [7, 11) is 0. The maximum atomic E-state index is 13.1. The van der Waals surface area contributed by atoms with E-state index in [4.69, 9.17) is 27.9 Å². The van der Waals surface area contributed by atoms with Gasteiger partial charge in [0.15, 0.2) is 6.10 Å². The fourth-order valence-electron chi connectivity index (χ4n) is 3.62. The second kappa shape index (κ2) is 9.10. The van der Waals surface area contributed by atoms with Gasteiger partial charge in [-0.15, -0.1) is 11.3 Å². The molecular formula is C23H21Cl2N3O3S. The van der Waals surface area contributed by atoms with Crippen LogP contribution in [0, 0.1) is 13.8 Å². The molecule has 166 valence electrons. The van der Waals surface area contributed by atoms with Gasteiger partial charge in [0.25, 0.3) is 5.91 Å². The van der Waals surface area contributed by atoms with Crippen LogP contribution in [0.2, 0.25) is 10.0 Å². The summed E-state index contributed by atoms with van der Waals surface area (Å²) in [5.41, 5.74) is 2.64. The summed E-state index contributed by atoms with van der Waals surface area (Å²) in [6.07, 6.45) is -0.165. The number of thiazole rings is 1. The fraction of sp³-hybridized carbons (Fsp3) is 0.261. The van der Waals surface area contributed by atoms with Crippen molar-refractivity contribution in [3.05, 3.63) is 56.3 Å². The predicted molar refractivity (Wildman–Crippen MR) is 129 cm³/mol. The van der Waals surface area contributed by atoms with Crippen LogP contribution < -0.4 is 15.0 Å². The molecule has 1 atom stereocenters. The normalized spacial score (nSPS) is 15.3. The second-order valence-electron chi connectivity index (χ2n) is 7.43. The number of anilines is 2. The third-order valence-electron chi connectivity index (χ3n) is 5.11. The van der Waals surface area contributed by atoms with E-state index in [9.17, 15) is 9.59 Å². The lowest BCUT2D eigenvalue weighted by atomic mass is 10.1. The molecule has 0 bridgehead atoms. The van der Waals surface area contributed by atoms with Crippen LogP contribution in [-0.2, 0) is 9.59 Å². The molecule has 3 aromatic rings. The van der Waals surface area contributed by atoms with Crippen molar-refractivity contribution >= 4 is 57.7 Å². The Morgan fingerprint density at radius 2 is 2.00 bits per heavy atom. The molecule has 0 radical (unpaired) electrons. The van der Waals surface area contributed by atoms with Crippen molar-refractivity contribution in [1.82, 2.24) is 4.98 Å². The third-order valence-corrected chi connectivity index (χ3v) is 6.56. The number of nitrogens with zero attached hydrogens (tertiary/aromatic N) is 2. The van der Waals surface area contributed by atoms with Crippen LogP contribution >= 0.6 is 34.5 Å². The minimum atomic E-state index is -0.654.